The summed E-state index contributed by atoms with van der Waals surface area (Å²) in [4.78, 5) is 33.4. The molecule has 0 saturated carbocycles. The van der Waals surface area contributed by atoms with Crippen LogP contribution < -0.4 is 5.56 Å². The summed E-state index contributed by atoms with van der Waals surface area (Å²) in [6.45, 7) is 0.369. The van der Waals surface area contributed by atoms with E-state index in [4.69, 9.17) is 0 Å². The Morgan fingerprint density at radius 2 is 2.12 bits per heavy atom. The van der Waals surface area contributed by atoms with E-state index in [-0.39, 0.29) is 17.2 Å². The molecule has 0 unspecified atom stereocenters. The molecule has 8 nitrogen and oxygen atoms in total. The molecule has 3 aromatic heterocycles. The van der Waals surface area contributed by atoms with Gasteiger partial charge in [0.05, 0.1) is 17.4 Å². The highest BCUT2D eigenvalue weighted by molar-refractivity contribution is 5.93. The van der Waals surface area contributed by atoms with Gasteiger partial charge < -0.3 is 14.5 Å². The van der Waals surface area contributed by atoms with Gasteiger partial charge >= 0.3 is 0 Å². The van der Waals surface area contributed by atoms with Gasteiger partial charge in [0.1, 0.15) is 11.5 Å². The van der Waals surface area contributed by atoms with Crippen molar-refractivity contribution in [2.45, 2.75) is 6.54 Å². The van der Waals surface area contributed by atoms with E-state index in [1.165, 1.54) is 0 Å². The van der Waals surface area contributed by atoms with Crippen LogP contribution in [0.1, 0.15) is 16.3 Å². The average molecular weight is 336 g/mol. The van der Waals surface area contributed by atoms with Crippen molar-refractivity contribution in [2.24, 2.45) is 7.05 Å². The number of hydrogen-bond acceptors (Lipinski definition) is 4. The second kappa shape index (κ2) is 5.59. The molecule has 0 radical (unpaired) electrons. The number of hydrogen-bond donors (Lipinski definition) is 1. The summed E-state index contributed by atoms with van der Waals surface area (Å²) >= 11 is 0. The van der Waals surface area contributed by atoms with Crippen LogP contribution in [0.25, 0.3) is 16.6 Å². The highest BCUT2D eigenvalue weighted by Gasteiger charge is 2.18. The van der Waals surface area contributed by atoms with Crippen LogP contribution in [0.5, 0.6) is 0 Å². The van der Waals surface area contributed by atoms with Crippen LogP contribution in [0.2, 0.25) is 0 Å². The zero-order chi connectivity index (χ0) is 17.6. The SMILES string of the molecule is CN(Cc1nccn1C)C(=O)c1cc2[nH]c(=O)c3ccccc3n2n1. The second-order valence-corrected chi connectivity index (χ2v) is 5.91. The van der Waals surface area contributed by atoms with Crippen LogP contribution in [-0.4, -0.2) is 42.0 Å². The molecule has 0 saturated heterocycles. The van der Waals surface area contributed by atoms with Gasteiger partial charge in [-0.15, -0.1) is 0 Å². The predicted octanol–water partition coefficient (Wildman–Crippen LogP) is 1.18. The quantitative estimate of drug-likeness (QED) is 0.608. The van der Waals surface area contributed by atoms with E-state index in [1.807, 2.05) is 23.9 Å². The zero-order valence-electron chi connectivity index (χ0n) is 13.8. The van der Waals surface area contributed by atoms with Crippen LogP contribution in [0.15, 0.2) is 47.5 Å². The van der Waals surface area contributed by atoms with E-state index >= 15 is 0 Å². The number of H-pyrrole nitrogens is 1. The number of aromatic amines is 1. The van der Waals surface area contributed by atoms with Crippen molar-refractivity contribution >= 4 is 22.5 Å². The lowest BCUT2D eigenvalue weighted by atomic mass is 10.2. The van der Waals surface area contributed by atoms with Gasteiger partial charge in [0.25, 0.3) is 11.5 Å². The van der Waals surface area contributed by atoms with Gasteiger partial charge in [-0.1, -0.05) is 12.1 Å². The maximum atomic E-state index is 12.7. The molecule has 0 spiro atoms. The molecule has 4 rings (SSSR count). The number of aromatic nitrogens is 5. The first kappa shape index (κ1) is 15.1. The van der Waals surface area contributed by atoms with Crippen molar-refractivity contribution in [1.29, 1.82) is 0 Å². The van der Waals surface area contributed by atoms with Gasteiger partial charge in [0.15, 0.2) is 5.69 Å². The fraction of sp³-hybridized carbons (Fsp3) is 0.176. The topological polar surface area (TPSA) is 88.3 Å². The molecule has 0 aliphatic heterocycles. The first-order valence-electron chi connectivity index (χ1n) is 7.77. The Balaban J connectivity index is 1.74. The summed E-state index contributed by atoms with van der Waals surface area (Å²) in [6.07, 6.45) is 3.52. The summed E-state index contributed by atoms with van der Waals surface area (Å²) in [5, 5.41) is 4.91. The number of nitrogens with zero attached hydrogens (tertiary/aromatic N) is 5. The van der Waals surface area contributed by atoms with Crippen LogP contribution in [0, 0.1) is 0 Å². The van der Waals surface area contributed by atoms with Gasteiger partial charge in [0.2, 0.25) is 0 Å². The Bertz CT molecular complexity index is 1150. The molecule has 1 amide bonds. The van der Waals surface area contributed by atoms with Crippen molar-refractivity contribution in [3.63, 3.8) is 0 Å². The van der Waals surface area contributed by atoms with Crippen molar-refractivity contribution < 1.29 is 4.79 Å². The summed E-state index contributed by atoms with van der Waals surface area (Å²) in [7, 11) is 3.57. The van der Waals surface area contributed by atoms with Gasteiger partial charge in [0, 0.05) is 32.6 Å². The number of para-hydroxylation sites is 1. The molecule has 3 heterocycles. The van der Waals surface area contributed by atoms with Crippen molar-refractivity contribution in [2.75, 3.05) is 7.05 Å². The molecule has 0 aliphatic carbocycles. The normalized spacial score (nSPS) is 11.3. The summed E-state index contributed by atoms with van der Waals surface area (Å²) < 4.78 is 3.44. The largest absolute Gasteiger partial charge is 0.337 e. The second-order valence-electron chi connectivity index (χ2n) is 5.91. The number of fused-ring (bicyclic) bond motifs is 3. The highest BCUT2D eigenvalue weighted by Crippen LogP contribution is 2.13. The molecule has 25 heavy (non-hydrogen) atoms. The molecular weight excluding hydrogens is 320 g/mol. The van der Waals surface area contributed by atoms with Gasteiger partial charge in [-0.2, -0.15) is 5.10 Å². The molecule has 0 bridgehead atoms. The number of rotatable bonds is 3. The van der Waals surface area contributed by atoms with Crippen molar-refractivity contribution in [3.05, 3.63) is 64.6 Å². The van der Waals surface area contributed by atoms with E-state index in [0.717, 1.165) is 5.82 Å². The minimum Gasteiger partial charge on any atom is -0.337 e. The molecule has 0 fully saturated rings. The Kier molecular flexibility index (Phi) is 3.38. The molecule has 8 heteroatoms. The Morgan fingerprint density at radius 1 is 1.32 bits per heavy atom. The molecule has 1 N–H and O–H groups in total. The minimum absolute atomic E-state index is 0.205. The third-order valence-corrected chi connectivity index (χ3v) is 4.19. The Morgan fingerprint density at radius 3 is 2.88 bits per heavy atom. The number of carbonyl (C=O) groups is 1. The number of benzene rings is 1. The zero-order valence-corrected chi connectivity index (χ0v) is 13.8. The number of amides is 1. The third-order valence-electron chi connectivity index (χ3n) is 4.19. The lowest BCUT2D eigenvalue weighted by Crippen LogP contribution is -2.27. The number of imidazole rings is 1. The predicted molar refractivity (Wildman–Crippen MR) is 92.3 cm³/mol. The van der Waals surface area contributed by atoms with Crippen molar-refractivity contribution in [1.82, 2.24) is 29.0 Å². The molecule has 0 atom stereocenters. The number of carbonyl (C=O) groups excluding carboxylic acids is 1. The minimum atomic E-state index is -0.239. The standard InChI is InChI=1S/C17H16N6O2/c1-21-8-7-18-15(21)10-22(2)17(25)12-9-14-19-16(24)11-5-3-4-6-13(11)23(14)20-12/h3-9H,10H2,1-2H3,(H,19,24). The molecular formula is C17H16N6O2. The van der Waals surface area contributed by atoms with E-state index in [0.29, 0.717) is 23.1 Å². The van der Waals surface area contributed by atoms with Crippen LogP contribution >= 0.6 is 0 Å². The van der Waals surface area contributed by atoms with E-state index < -0.39 is 0 Å². The third kappa shape index (κ3) is 2.47. The van der Waals surface area contributed by atoms with Crippen LogP contribution in [-0.2, 0) is 13.6 Å². The first-order chi connectivity index (χ1) is 12.0. The fourth-order valence-electron chi connectivity index (χ4n) is 2.82. The smallest absolute Gasteiger partial charge is 0.274 e. The number of nitrogens with one attached hydrogen (secondary N) is 1. The Labute approximate surface area is 142 Å². The average Bonchev–Trinajstić information content (AvgIpc) is 3.21. The highest BCUT2D eigenvalue weighted by atomic mass is 16.2. The summed E-state index contributed by atoms with van der Waals surface area (Å²) in [5.41, 5.74) is 1.21. The molecule has 4 aromatic rings. The van der Waals surface area contributed by atoms with Gasteiger partial charge in [-0.25, -0.2) is 9.50 Å². The van der Waals surface area contributed by atoms with E-state index in [2.05, 4.69) is 15.1 Å². The van der Waals surface area contributed by atoms with Crippen molar-refractivity contribution in [3.8, 4) is 0 Å². The summed E-state index contributed by atoms with van der Waals surface area (Å²) in [5.74, 6) is 0.537. The maximum Gasteiger partial charge on any atom is 0.274 e. The van der Waals surface area contributed by atoms with Crippen LogP contribution in [0.4, 0.5) is 0 Å². The molecule has 0 aliphatic rings. The lowest BCUT2D eigenvalue weighted by Gasteiger charge is -2.15. The monoisotopic (exact) mass is 336 g/mol. The van der Waals surface area contributed by atoms with Crippen LogP contribution in [0.3, 0.4) is 0 Å². The fourth-order valence-corrected chi connectivity index (χ4v) is 2.82. The Hall–Kier alpha value is -3.42. The number of aryl methyl sites for hydroxylation is 1. The summed E-state index contributed by atoms with van der Waals surface area (Å²) in [6, 6.07) is 8.74. The lowest BCUT2D eigenvalue weighted by molar-refractivity contribution is 0.0774. The van der Waals surface area contributed by atoms with Gasteiger partial charge in [-0.3, -0.25) is 9.59 Å². The van der Waals surface area contributed by atoms with E-state index in [9.17, 15) is 9.59 Å². The van der Waals surface area contributed by atoms with E-state index in [1.54, 1.807) is 46.9 Å². The molecule has 1 aromatic carbocycles. The maximum absolute atomic E-state index is 12.7. The first-order valence-corrected chi connectivity index (χ1v) is 7.77. The van der Waals surface area contributed by atoms with Gasteiger partial charge in [-0.05, 0) is 12.1 Å². The molecule has 126 valence electrons.